The van der Waals surface area contributed by atoms with Crippen LogP contribution in [0.5, 0.6) is 0 Å². The van der Waals surface area contributed by atoms with E-state index in [2.05, 4.69) is 4.74 Å². The van der Waals surface area contributed by atoms with Crippen molar-refractivity contribution in [1.29, 1.82) is 0 Å². The van der Waals surface area contributed by atoms with Crippen molar-refractivity contribution in [1.82, 2.24) is 0 Å². The Kier molecular flexibility index (Phi) is 4.71. The third kappa shape index (κ3) is 3.43. The molecule has 0 radical (unpaired) electrons. The van der Waals surface area contributed by atoms with Gasteiger partial charge >= 0.3 is 12.1 Å². The molecule has 0 unspecified atom stereocenters. The topological polar surface area (TPSA) is 52.3 Å². The van der Waals surface area contributed by atoms with Crippen LogP contribution in [0.1, 0.15) is 31.0 Å². The van der Waals surface area contributed by atoms with Crippen LogP contribution >= 0.6 is 11.6 Å². The summed E-state index contributed by atoms with van der Waals surface area (Å²) in [5.74, 6) is -0.612. The molecule has 112 valence electrons. The van der Waals surface area contributed by atoms with Crippen LogP contribution in [0.4, 0.5) is 13.2 Å². The standard InChI is InChI=1S/C13H15ClF3NO2/c1-12(2,11(19)20-3)10(18)7-4-8(13(15,16)17)6-9(14)5-7/h4-6,10H,18H2,1-3H3/t10-/m0/s1. The number of ether oxygens (including phenoxy) is 1. The van der Waals surface area contributed by atoms with Crippen molar-refractivity contribution in [2.75, 3.05) is 7.11 Å². The average Bonchev–Trinajstić information content (AvgIpc) is 2.34. The molecule has 0 saturated heterocycles. The lowest BCUT2D eigenvalue weighted by Crippen LogP contribution is -2.37. The lowest BCUT2D eigenvalue weighted by atomic mass is 9.80. The number of hydrogen-bond acceptors (Lipinski definition) is 3. The van der Waals surface area contributed by atoms with Crippen molar-refractivity contribution in [2.24, 2.45) is 11.1 Å². The first-order valence-electron chi connectivity index (χ1n) is 5.72. The number of rotatable bonds is 3. The Balaban J connectivity index is 3.27. The minimum absolute atomic E-state index is 0.0917. The number of carbonyl (C=O) groups is 1. The number of methoxy groups -OCH3 is 1. The smallest absolute Gasteiger partial charge is 0.416 e. The first-order chi connectivity index (χ1) is 9.00. The molecule has 0 heterocycles. The molecular weight excluding hydrogens is 295 g/mol. The monoisotopic (exact) mass is 309 g/mol. The summed E-state index contributed by atoms with van der Waals surface area (Å²) in [4.78, 5) is 11.7. The van der Waals surface area contributed by atoms with Gasteiger partial charge in [-0.15, -0.1) is 0 Å². The molecule has 0 amide bonds. The predicted octanol–water partition coefficient (Wildman–Crippen LogP) is 3.56. The first-order valence-corrected chi connectivity index (χ1v) is 6.09. The number of benzene rings is 1. The third-order valence-electron chi connectivity index (χ3n) is 3.10. The summed E-state index contributed by atoms with van der Waals surface area (Å²) in [6, 6.07) is 2.03. The second-order valence-corrected chi connectivity index (χ2v) is 5.40. The maximum Gasteiger partial charge on any atom is 0.416 e. The van der Waals surface area contributed by atoms with Gasteiger partial charge in [0.1, 0.15) is 0 Å². The van der Waals surface area contributed by atoms with Crippen molar-refractivity contribution in [3.8, 4) is 0 Å². The van der Waals surface area contributed by atoms with E-state index in [1.165, 1.54) is 27.0 Å². The largest absolute Gasteiger partial charge is 0.469 e. The van der Waals surface area contributed by atoms with E-state index in [0.717, 1.165) is 12.1 Å². The zero-order chi connectivity index (χ0) is 15.7. The fourth-order valence-corrected chi connectivity index (χ4v) is 2.01. The molecular formula is C13H15ClF3NO2. The molecule has 0 saturated carbocycles. The van der Waals surface area contributed by atoms with E-state index in [0.29, 0.717) is 0 Å². The van der Waals surface area contributed by atoms with Crippen LogP contribution in [0.25, 0.3) is 0 Å². The van der Waals surface area contributed by atoms with Crippen LogP contribution in [-0.4, -0.2) is 13.1 Å². The summed E-state index contributed by atoms with van der Waals surface area (Å²) in [6.07, 6.45) is -4.53. The Hall–Kier alpha value is -1.27. The van der Waals surface area contributed by atoms with Crippen molar-refractivity contribution >= 4 is 17.6 Å². The van der Waals surface area contributed by atoms with Crippen LogP contribution in [0, 0.1) is 5.41 Å². The third-order valence-corrected chi connectivity index (χ3v) is 3.31. The molecule has 0 fully saturated rings. The van der Waals surface area contributed by atoms with Gasteiger partial charge in [0.25, 0.3) is 0 Å². The summed E-state index contributed by atoms with van der Waals surface area (Å²) in [5.41, 5.74) is 3.94. The SMILES string of the molecule is COC(=O)C(C)(C)[C@@H](N)c1cc(Cl)cc(C(F)(F)F)c1. The molecule has 7 heteroatoms. The molecule has 0 aliphatic rings. The fourth-order valence-electron chi connectivity index (χ4n) is 1.76. The molecule has 0 bridgehead atoms. The molecule has 2 N–H and O–H groups in total. The maximum atomic E-state index is 12.7. The number of nitrogens with two attached hydrogens (primary N) is 1. The van der Waals surface area contributed by atoms with E-state index >= 15 is 0 Å². The number of alkyl halides is 3. The second-order valence-electron chi connectivity index (χ2n) is 4.96. The normalized spacial score (nSPS) is 14.0. The summed E-state index contributed by atoms with van der Waals surface area (Å²) >= 11 is 5.69. The zero-order valence-corrected chi connectivity index (χ0v) is 12.0. The lowest BCUT2D eigenvalue weighted by Gasteiger charge is -2.29. The van der Waals surface area contributed by atoms with Gasteiger partial charge in [0, 0.05) is 11.1 Å². The Morgan fingerprint density at radius 3 is 2.30 bits per heavy atom. The highest BCUT2D eigenvalue weighted by Gasteiger charge is 2.38. The number of hydrogen-bond donors (Lipinski definition) is 1. The first kappa shape index (κ1) is 16.8. The molecule has 0 aliphatic carbocycles. The Labute approximate surface area is 119 Å². The predicted molar refractivity (Wildman–Crippen MR) is 69.2 cm³/mol. The number of carbonyl (C=O) groups excluding carboxylic acids is 1. The van der Waals surface area contributed by atoms with Crippen LogP contribution in [0.3, 0.4) is 0 Å². The molecule has 1 aromatic rings. The Bertz CT molecular complexity index is 515. The molecule has 0 aliphatic heterocycles. The quantitative estimate of drug-likeness (QED) is 0.869. The van der Waals surface area contributed by atoms with E-state index in [1.807, 2.05) is 0 Å². The molecule has 1 rings (SSSR count). The van der Waals surface area contributed by atoms with E-state index in [-0.39, 0.29) is 10.6 Å². The highest BCUT2D eigenvalue weighted by atomic mass is 35.5. The average molecular weight is 310 g/mol. The van der Waals surface area contributed by atoms with Crippen molar-refractivity contribution in [2.45, 2.75) is 26.1 Å². The number of halogens is 4. The van der Waals surface area contributed by atoms with Gasteiger partial charge in [-0.2, -0.15) is 13.2 Å². The molecule has 0 spiro atoms. The van der Waals surface area contributed by atoms with Crippen LogP contribution in [0.2, 0.25) is 5.02 Å². The van der Waals surface area contributed by atoms with Crippen LogP contribution < -0.4 is 5.73 Å². The summed E-state index contributed by atoms with van der Waals surface area (Å²) in [6.45, 7) is 3.00. The minimum atomic E-state index is -4.53. The van der Waals surface area contributed by atoms with Crippen molar-refractivity contribution < 1.29 is 22.7 Å². The Morgan fingerprint density at radius 1 is 1.30 bits per heavy atom. The van der Waals surface area contributed by atoms with Gasteiger partial charge < -0.3 is 10.5 Å². The van der Waals surface area contributed by atoms with E-state index in [9.17, 15) is 18.0 Å². The van der Waals surface area contributed by atoms with Gasteiger partial charge in [-0.3, -0.25) is 4.79 Å². The van der Waals surface area contributed by atoms with E-state index in [4.69, 9.17) is 17.3 Å². The Morgan fingerprint density at radius 2 is 1.85 bits per heavy atom. The second kappa shape index (κ2) is 5.61. The van der Waals surface area contributed by atoms with Gasteiger partial charge in [-0.1, -0.05) is 11.6 Å². The lowest BCUT2D eigenvalue weighted by molar-refractivity contribution is -0.152. The number of esters is 1. The molecule has 3 nitrogen and oxygen atoms in total. The van der Waals surface area contributed by atoms with Gasteiger partial charge in [0.2, 0.25) is 0 Å². The van der Waals surface area contributed by atoms with Crippen molar-refractivity contribution in [3.63, 3.8) is 0 Å². The minimum Gasteiger partial charge on any atom is -0.469 e. The van der Waals surface area contributed by atoms with Gasteiger partial charge in [-0.05, 0) is 37.6 Å². The summed E-state index contributed by atoms with van der Waals surface area (Å²) < 4.78 is 42.8. The maximum absolute atomic E-state index is 12.7. The van der Waals surface area contributed by atoms with E-state index in [1.54, 1.807) is 0 Å². The summed E-state index contributed by atoms with van der Waals surface area (Å²) in [5, 5.41) is -0.0917. The van der Waals surface area contributed by atoms with Gasteiger partial charge in [0.15, 0.2) is 0 Å². The molecule has 1 atom stereocenters. The van der Waals surface area contributed by atoms with Crippen LogP contribution in [-0.2, 0) is 15.7 Å². The molecule has 1 aromatic carbocycles. The van der Waals surface area contributed by atoms with Gasteiger partial charge in [0.05, 0.1) is 18.1 Å². The molecule has 0 aromatic heterocycles. The van der Waals surface area contributed by atoms with E-state index < -0.39 is 29.2 Å². The highest BCUT2D eigenvalue weighted by Crippen LogP contribution is 2.37. The fraction of sp³-hybridized carbons (Fsp3) is 0.462. The van der Waals surface area contributed by atoms with Crippen LogP contribution in [0.15, 0.2) is 18.2 Å². The zero-order valence-electron chi connectivity index (χ0n) is 11.2. The highest BCUT2D eigenvalue weighted by molar-refractivity contribution is 6.30. The van der Waals surface area contributed by atoms with Gasteiger partial charge in [-0.25, -0.2) is 0 Å². The summed E-state index contributed by atoms with van der Waals surface area (Å²) in [7, 11) is 1.19. The van der Waals surface area contributed by atoms with Crippen molar-refractivity contribution in [3.05, 3.63) is 34.3 Å². The molecule has 20 heavy (non-hydrogen) atoms.